The van der Waals surface area contributed by atoms with Crippen LogP contribution in [0.5, 0.6) is 0 Å². The van der Waals surface area contributed by atoms with Crippen LogP contribution in [0.2, 0.25) is 0 Å². The fourth-order valence-corrected chi connectivity index (χ4v) is 2.78. The Morgan fingerprint density at radius 2 is 2.05 bits per heavy atom. The molecule has 2 rings (SSSR count). The first-order valence-corrected chi connectivity index (χ1v) is 7.54. The van der Waals surface area contributed by atoms with Gasteiger partial charge in [-0.1, -0.05) is 0 Å². The maximum Gasteiger partial charge on any atom is 0.242 e. The minimum atomic E-state index is -0.406. The molecular weight excluding hydrogens is 288 g/mol. The fourth-order valence-electron chi connectivity index (χ4n) is 1.90. The number of hydrazine groups is 1. The highest BCUT2D eigenvalue weighted by Gasteiger charge is 2.17. The van der Waals surface area contributed by atoms with E-state index in [1.807, 2.05) is 26.8 Å². The van der Waals surface area contributed by atoms with Crippen molar-refractivity contribution in [2.45, 2.75) is 39.8 Å². The van der Waals surface area contributed by atoms with Crippen LogP contribution < -0.4 is 21.9 Å². The van der Waals surface area contributed by atoms with Crippen molar-refractivity contribution in [2.75, 3.05) is 10.7 Å². The van der Waals surface area contributed by atoms with Gasteiger partial charge in [-0.3, -0.25) is 10.2 Å². The number of nitrogen functional groups attached to an aromatic ring is 1. The molecule has 0 saturated carbocycles. The predicted octanol–water partition coefficient (Wildman–Crippen LogP) is 1.61. The normalized spacial score (nSPS) is 12.5. The van der Waals surface area contributed by atoms with Crippen LogP contribution in [0.25, 0.3) is 10.2 Å². The number of nitrogens with zero attached hydrogens (tertiary/aromatic N) is 2. The zero-order valence-corrected chi connectivity index (χ0v) is 13.3. The second kappa shape index (κ2) is 6.23. The average Bonchev–Trinajstić information content (AvgIpc) is 2.78. The van der Waals surface area contributed by atoms with E-state index in [1.54, 1.807) is 18.3 Å². The van der Waals surface area contributed by atoms with Crippen molar-refractivity contribution in [3.8, 4) is 0 Å². The van der Waals surface area contributed by atoms with Gasteiger partial charge in [0.25, 0.3) is 0 Å². The van der Waals surface area contributed by atoms with Crippen LogP contribution in [0.1, 0.15) is 25.6 Å². The van der Waals surface area contributed by atoms with Crippen molar-refractivity contribution >= 4 is 39.2 Å². The lowest BCUT2D eigenvalue weighted by Gasteiger charge is -2.17. The summed E-state index contributed by atoms with van der Waals surface area (Å²) in [6.07, 6.45) is 0. The van der Waals surface area contributed by atoms with Gasteiger partial charge in [0.15, 0.2) is 0 Å². The first-order chi connectivity index (χ1) is 9.90. The highest BCUT2D eigenvalue weighted by Crippen LogP contribution is 2.29. The minimum absolute atomic E-state index is 0.0778. The van der Waals surface area contributed by atoms with Crippen LogP contribution in [-0.4, -0.2) is 28.0 Å². The van der Waals surface area contributed by atoms with Crippen molar-refractivity contribution in [3.05, 3.63) is 10.9 Å². The number of aryl methyl sites for hydroxylation is 1. The zero-order valence-electron chi connectivity index (χ0n) is 12.5. The van der Waals surface area contributed by atoms with Gasteiger partial charge in [-0.2, -0.15) is 4.98 Å². The molecule has 2 aromatic rings. The van der Waals surface area contributed by atoms with E-state index in [9.17, 15) is 4.79 Å². The van der Waals surface area contributed by atoms with Crippen LogP contribution >= 0.6 is 11.3 Å². The number of hydrogen-bond acceptors (Lipinski definition) is 7. The largest absolute Gasteiger partial charge is 0.358 e. The van der Waals surface area contributed by atoms with Crippen LogP contribution in [0.4, 0.5) is 11.8 Å². The molecule has 1 amide bonds. The lowest BCUT2D eigenvalue weighted by Crippen LogP contribution is -2.41. The number of thiophene rings is 1. The summed E-state index contributed by atoms with van der Waals surface area (Å²) in [6.45, 7) is 7.64. The van der Waals surface area contributed by atoms with Crippen LogP contribution in [0, 0.1) is 6.92 Å². The van der Waals surface area contributed by atoms with Crippen molar-refractivity contribution in [1.29, 1.82) is 0 Å². The smallest absolute Gasteiger partial charge is 0.242 e. The van der Waals surface area contributed by atoms with Gasteiger partial charge in [-0.05, 0) is 33.8 Å². The lowest BCUT2D eigenvalue weighted by atomic mass is 10.2. The number of carbonyl (C=O) groups is 1. The maximum absolute atomic E-state index is 12.0. The highest BCUT2D eigenvalue weighted by molar-refractivity contribution is 7.18. The molecule has 21 heavy (non-hydrogen) atoms. The third kappa shape index (κ3) is 3.59. The Labute approximate surface area is 127 Å². The second-order valence-electron chi connectivity index (χ2n) is 5.15. The summed E-state index contributed by atoms with van der Waals surface area (Å²) in [6, 6.07) is 1.68. The molecule has 0 aliphatic heterocycles. The van der Waals surface area contributed by atoms with Gasteiger partial charge in [0.1, 0.15) is 16.7 Å². The molecule has 2 heterocycles. The number of aromatic nitrogens is 2. The first-order valence-electron chi connectivity index (χ1n) is 6.72. The summed E-state index contributed by atoms with van der Waals surface area (Å²) >= 11 is 1.55. The van der Waals surface area contributed by atoms with E-state index in [0.717, 1.165) is 15.1 Å². The standard InChI is InChI=1S/C13H20N6OS/c1-6(2)15-11(20)8(4)16-10-9-5-7(3)21-12(9)18-13(17-10)19-14/h5-6,8H,14H2,1-4H3,(H,15,20)(H2,16,17,18,19). The molecule has 0 aliphatic carbocycles. The van der Waals surface area contributed by atoms with Crippen LogP contribution in [-0.2, 0) is 4.79 Å². The summed E-state index contributed by atoms with van der Waals surface area (Å²) in [4.78, 5) is 22.6. The molecule has 0 aliphatic rings. The summed E-state index contributed by atoms with van der Waals surface area (Å²) in [5, 5.41) is 6.88. The second-order valence-corrected chi connectivity index (χ2v) is 6.38. The number of carbonyl (C=O) groups excluding carboxylic acids is 1. The zero-order chi connectivity index (χ0) is 15.6. The van der Waals surface area contributed by atoms with Crippen LogP contribution in [0.15, 0.2) is 6.07 Å². The molecule has 0 bridgehead atoms. The van der Waals surface area contributed by atoms with E-state index < -0.39 is 6.04 Å². The van der Waals surface area contributed by atoms with E-state index >= 15 is 0 Å². The Morgan fingerprint density at radius 1 is 1.33 bits per heavy atom. The molecule has 0 saturated heterocycles. The van der Waals surface area contributed by atoms with Gasteiger partial charge < -0.3 is 10.6 Å². The quantitative estimate of drug-likeness (QED) is 0.494. The number of amides is 1. The maximum atomic E-state index is 12.0. The Kier molecular flexibility index (Phi) is 4.59. The molecule has 0 radical (unpaired) electrons. The molecule has 0 spiro atoms. The summed E-state index contributed by atoms with van der Waals surface area (Å²) < 4.78 is 0. The van der Waals surface area contributed by atoms with E-state index in [4.69, 9.17) is 5.84 Å². The van der Waals surface area contributed by atoms with Crippen molar-refractivity contribution in [3.63, 3.8) is 0 Å². The molecule has 8 heteroatoms. The van der Waals surface area contributed by atoms with E-state index in [1.165, 1.54) is 0 Å². The molecule has 0 aromatic carbocycles. The number of rotatable bonds is 5. The number of hydrogen-bond donors (Lipinski definition) is 4. The minimum Gasteiger partial charge on any atom is -0.358 e. The van der Waals surface area contributed by atoms with Gasteiger partial charge >= 0.3 is 0 Å². The van der Waals surface area contributed by atoms with Gasteiger partial charge in [0, 0.05) is 10.9 Å². The fraction of sp³-hybridized carbons (Fsp3) is 0.462. The third-order valence-electron chi connectivity index (χ3n) is 2.82. The Bertz CT molecular complexity index is 653. The molecule has 7 nitrogen and oxygen atoms in total. The van der Waals surface area contributed by atoms with E-state index in [0.29, 0.717) is 11.8 Å². The highest BCUT2D eigenvalue weighted by atomic mass is 32.1. The molecule has 1 atom stereocenters. The Balaban J connectivity index is 2.30. The van der Waals surface area contributed by atoms with Gasteiger partial charge in [-0.15, -0.1) is 11.3 Å². The number of anilines is 2. The number of nitrogens with one attached hydrogen (secondary N) is 3. The van der Waals surface area contributed by atoms with Gasteiger partial charge in [0.2, 0.25) is 11.9 Å². The Morgan fingerprint density at radius 3 is 2.67 bits per heavy atom. The molecule has 114 valence electrons. The molecule has 5 N–H and O–H groups in total. The lowest BCUT2D eigenvalue weighted by molar-refractivity contribution is -0.122. The molecule has 0 fully saturated rings. The third-order valence-corrected chi connectivity index (χ3v) is 3.77. The summed E-state index contributed by atoms with van der Waals surface area (Å²) in [5.41, 5.74) is 2.45. The molecule has 2 aromatic heterocycles. The topological polar surface area (TPSA) is 105 Å². The number of nitrogens with two attached hydrogens (primary N) is 1. The van der Waals surface area contributed by atoms with Gasteiger partial charge in [-0.25, -0.2) is 10.8 Å². The van der Waals surface area contributed by atoms with E-state index in [-0.39, 0.29) is 11.9 Å². The van der Waals surface area contributed by atoms with Crippen LogP contribution in [0.3, 0.4) is 0 Å². The SMILES string of the molecule is Cc1cc2c(NC(C)C(=O)NC(C)C)nc(NN)nc2s1. The first kappa shape index (κ1) is 15.5. The van der Waals surface area contributed by atoms with Crippen molar-refractivity contribution in [2.24, 2.45) is 5.84 Å². The predicted molar refractivity (Wildman–Crippen MR) is 86.3 cm³/mol. The molecule has 1 unspecified atom stereocenters. The number of fused-ring (bicyclic) bond motifs is 1. The van der Waals surface area contributed by atoms with Gasteiger partial charge in [0.05, 0.1) is 5.39 Å². The van der Waals surface area contributed by atoms with Crippen molar-refractivity contribution < 1.29 is 4.79 Å². The van der Waals surface area contributed by atoms with E-state index in [2.05, 4.69) is 26.0 Å². The Hall–Kier alpha value is -1.93. The molecular formula is C13H20N6OS. The monoisotopic (exact) mass is 308 g/mol. The summed E-state index contributed by atoms with van der Waals surface area (Å²) in [7, 11) is 0. The average molecular weight is 308 g/mol. The summed E-state index contributed by atoms with van der Waals surface area (Å²) in [5.74, 6) is 6.24. The van der Waals surface area contributed by atoms with Crippen molar-refractivity contribution in [1.82, 2.24) is 15.3 Å².